The zero-order chi connectivity index (χ0) is 12.7. The van der Waals surface area contributed by atoms with Crippen LogP contribution in [0.25, 0.3) is 0 Å². The lowest BCUT2D eigenvalue weighted by Gasteiger charge is -2.08. The number of carbonyl (C=O) groups is 1. The summed E-state index contributed by atoms with van der Waals surface area (Å²) in [5.41, 5.74) is 3.16. The van der Waals surface area contributed by atoms with Crippen molar-refractivity contribution in [3.63, 3.8) is 0 Å². The lowest BCUT2D eigenvalue weighted by molar-refractivity contribution is -0.117. The Labute approximate surface area is 115 Å². The highest BCUT2D eigenvalue weighted by Gasteiger charge is 2.31. The van der Waals surface area contributed by atoms with Crippen molar-refractivity contribution in [1.82, 2.24) is 0 Å². The number of thiophene rings is 1. The Bertz CT molecular complexity index is 620. The molecule has 2 nitrogen and oxygen atoms in total. The zero-order valence-electron chi connectivity index (χ0n) is 9.87. The maximum absolute atomic E-state index is 12.0. The van der Waals surface area contributed by atoms with Crippen LogP contribution < -0.4 is 5.32 Å². The molecule has 18 heavy (non-hydrogen) atoms. The smallest absolute Gasteiger partial charge is 0.232 e. The third-order valence-electron chi connectivity index (χ3n) is 3.32. The fourth-order valence-electron chi connectivity index (χ4n) is 2.30. The predicted octanol–water partition coefficient (Wildman–Crippen LogP) is 3.99. The van der Waals surface area contributed by atoms with Crippen LogP contribution in [-0.2, 0) is 11.2 Å². The Morgan fingerprint density at radius 2 is 2.22 bits per heavy atom. The molecule has 0 spiro atoms. The molecule has 2 heterocycles. The van der Waals surface area contributed by atoms with Crippen LogP contribution in [0.4, 0.5) is 5.69 Å². The normalized spacial score (nSPS) is 17.7. The van der Waals surface area contributed by atoms with Crippen molar-refractivity contribution in [1.29, 1.82) is 0 Å². The quantitative estimate of drug-likeness (QED) is 0.884. The number of fused-ring (bicyclic) bond motifs is 1. The first kappa shape index (κ1) is 11.8. The van der Waals surface area contributed by atoms with Gasteiger partial charge in [0.25, 0.3) is 0 Å². The number of hydrogen-bond acceptors (Lipinski definition) is 2. The van der Waals surface area contributed by atoms with Gasteiger partial charge in [-0.2, -0.15) is 0 Å². The predicted molar refractivity (Wildman–Crippen MR) is 75.6 cm³/mol. The van der Waals surface area contributed by atoms with Crippen LogP contribution >= 0.6 is 22.9 Å². The maximum Gasteiger partial charge on any atom is 0.232 e. The molecule has 0 bridgehead atoms. The summed E-state index contributed by atoms with van der Waals surface area (Å²) < 4.78 is 0. The van der Waals surface area contributed by atoms with Crippen LogP contribution in [0.1, 0.15) is 21.9 Å². The number of halogens is 1. The molecule has 0 saturated carbocycles. The molecule has 0 unspecified atom stereocenters. The van der Waals surface area contributed by atoms with Crippen LogP contribution in [0.5, 0.6) is 0 Å². The van der Waals surface area contributed by atoms with Gasteiger partial charge in [-0.1, -0.05) is 11.6 Å². The van der Waals surface area contributed by atoms with Gasteiger partial charge in [0, 0.05) is 15.6 Å². The average molecular weight is 278 g/mol. The van der Waals surface area contributed by atoms with E-state index in [0.717, 1.165) is 17.7 Å². The van der Waals surface area contributed by atoms with Gasteiger partial charge in [-0.3, -0.25) is 4.79 Å². The van der Waals surface area contributed by atoms with Crippen molar-refractivity contribution in [2.24, 2.45) is 0 Å². The van der Waals surface area contributed by atoms with Crippen LogP contribution in [-0.4, -0.2) is 5.91 Å². The van der Waals surface area contributed by atoms with Crippen molar-refractivity contribution in [2.45, 2.75) is 19.3 Å². The molecule has 0 aliphatic carbocycles. The molecule has 1 aromatic heterocycles. The molecule has 1 aromatic carbocycles. The molecule has 0 radical (unpaired) electrons. The van der Waals surface area contributed by atoms with Gasteiger partial charge in [0.1, 0.15) is 0 Å². The number of amides is 1. The van der Waals surface area contributed by atoms with Gasteiger partial charge < -0.3 is 5.32 Å². The number of nitrogens with one attached hydrogen (secondary N) is 1. The number of benzene rings is 1. The summed E-state index contributed by atoms with van der Waals surface area (Å²) in [6.07, 6.45) is 0.753. The minimum atomic E-state index is -0.115. The van der Waals surface area contributed by atoms with Crippen molar-refractivity contribution in [3.8, 4) is 0 Å². The molecule has 1 aliphatic rings. The highest BCUT2D eigenvalue weighted by molar-refractivity contribution is 7.10. The zero-order valence-corrected chi connectivity index (χ0v) is 11.4. The van der Waals surface area contributed by atoms with E-state index >= 15 is 0 Å². The van der Waals surface area contributed by atoms with Crippen LogP contribution in [0, 0.1) is 6.92 Å². The van der Waals surface area contributed by atoms with E-state index in [2.05, 4.69) is 23.7 Å². The van der Waals surface area contributed by atoms with Crippen molar-refractivity contribution in [3.05, 3.63) is 50.7 Å². The molecule has 1 atom stereocenters. The van der Waals surface area contributed by atoms with Crippen molar-refractivity contribution < 1.29 is 4.79 Å². The van der Waals surface area contributed by atoms with E-state index in [1.165, 1.54) is 10.4 Å². The van der Waals surface area contributed by atoms with Gasteiger partial charge in [-0.25, -0.2) is 0 Å². The number of hydrogen-bond donors (Lipinski definition) is 1. The van der Waals surface area contributed by atoms with Gasteiger partial charge in [-0.05, 0) is 54.1 Å². The first-order valence-corrected chi connectivity index (χ1v) is 7.04. The van der Waals surface area contributed by atoms with Crippen LogP contribution in [0.3, 0.4) is 0 Å². The van der Waals surface area contributed by atoms with Gasteiger partial charge in [0.2, 0.25) is 5.91 Å². The molecule has 0 fully saturated rings. The van der Waals surface area contributed by atoms with Gasteiger partial charge >= 0.3 is 0 Å². The summed E-state index contributed by atoms with van der Waals surface area (Å²) in [6.45, 7) is 2.08. The summed E-state index contributed by atoms with van der Waals surface area (Å²) in [6, 6.07) is 7.66. The van der Waals surface area contributed by atoms with Crippen LogP contribution in [0.15, 0.2) is 29.6 Å². The van der Waals surface area contributed by atoms with E-state index in [1.807, 2.05) is 12.1 Å². The molecule has 2 aromatic rings. The summed E-state index contributed by atoms with van der Waals surface area (Å²) in [7, 11) is 0. The second-order valence-corrected chi connectivity index (χ2v) is 5.94. The first-order valence-electron chi connectivity index (χ1n) is 5.78. The largest absolute Gasteiger partial charge is 0.325 e. The van der Waals surface area contributed by atoms with E-state index < -0.39 is 0 Å². The van der Waals surface area contributed by atoms with Crippen LogP contribution in [0.2, 0.25) is 5.02 Å². The number of rotatable bonds is 2. The maximum atomic E-state index is 12.0. The summed E-state index contributed by atoms with van der Waals surface area (Å²) in [5, 5.41) is 5.66. The third kappa shape index (κ3) is 1.93. The second kappa shape index (κ2) is 4.41. The molecule has 0 saturated heterocycles. The standard InChI is InChI=1S/C14H12ClNOS/c1-8-4-5-18-13(8)7-11-10-6-9(15)2-3-12(10)16-14(11)17/h2-6,11H,7H2,1H3,(H,16,17)/t11-/m1/s1. The highest BCUT2D eigenvalue weighted by Crippen LogP contribution is 2.37. The minimum Gasteiger partial charge on any atom is -0.325 e. The molecular formula is C14H12ClNOS. The second-order valence-electron chi connectivity index (χ2n) is 4.50. The Balaban J connectivity index is 1.96. The summed E-state index contributed by atoms with van der Waals surface area (Å²) in [5.74, 6) is -0.0453. The van der Waals surface area contributed by atoms with Crippen molar-refractivity contribution in [2.75, 3.05) is 5.32 Å². The van der Waals surface area contributed by atoms with Gasteiger partial charge in [0.15, 0.2) is 0 Å². The average Bonchev–Trinajstić information content (AvgIpc) is 2.86. The number of anilines is 1. The molecule has 1 N–H and O–H groups in total. The fourth-order valence-corrected chi connectivity index (χ4v) is 3.43. The van der Waals surface area contributed by atoms with Gasteiger partial charge in [-0.15, -0.1) is 11.3 Å². The molecule has 1 aliphatic heterocycles. The number of carbonyl (C=O) groups excluding carboxylic acids is 1. The Kier molecular flexibility index (Phi) is 2.88. The van der Waals surface area contributed by atoms with Crippen molar-refractivity contribution >= 4 is 34.5 Å². The lowest BCUT2D eigenvalue weighted by Crippen LogP contribution is -2.14. The van der Waals surface area contributed by atoms with E-state index in [4.69, 9.17) is 11.6 Å². The van der Waals surface area contributed by atoms with E-state index in [1.54, 1.807) is 17.4 Å². The molecular weight excluding hydrogens is 266 g/mol. The molecule has 1 amide bonds. The fraction of sp³-hybridized carbons (Fsp3) is 0.214. The molecule has 4 heteroatoms. The summed E-state index contributed by atoms with van der Waals surface area (Å²) >= 11 is 7.72. The monoisotopic (exact) mass is 277 g/mol. The van der Waals surface area contributed by atoms with E-state index in [-0.39, 0.29) is 11.8 Å². The lowest BCUT2D eigenvalue weighted by atomic mass is 9.95. The highest BCUT2D eigenvalue weighted by atomic mass is 35.5. The SMILES string of the molecule is Cc1ccsc1C[C@H]1C(=O)Nc2ccc(Cl)cc21. The summed E-state index contributed by atoms with van der Waals surface area (Å²) in [4.78, 5) is 13.3. The van der Waals surface area contributed by atoms with Gasteiger partial charge in [0.05, 0.1) is 5.92 Å². The Morgan fingerprint density at radius 3 is 2.94 bits per heavy atom. The minimum absolute atomic E-state index is 0.0695. The molecule has 3 rings (SSSR count). The number of aryl methyl sites for hydroxylation is 1. The topological polar surface area (TPSA) is 29.1 Å². The Hall–Kier alpha value is -1.32. The van der Waals surface area contributed by atoms with E-state index in [0.29, 0.717) is 5.02 Å². The molecule has 92 valence electrons. The Morgan fingerprint density at radius 1 is 1.39 bits per heavy atom. The van der Waals surface area contributed by atoms with E-state index in [9.17, 15) is 4.79 Å². The first-order chi connectivity index (χ1) is 8.65. The third-order valence-corrected chi connectivity index (χ3v) is 4.60.